The predicted octanol–water partition coefficient (Wildman–Crippen LogP) is 4.90. The Hall–Kier alpha value is -2.72. The molecule has 178 valence electrons. The zero-order chi connectivity index (χ0) is 24.6. The summed E-state index contributed by atoms with van der Waals surface area (Å²) in [5.41, 5.74) is 6.80. The molecule has 0 fully saturated rings. The highest BCUT2D eigenvalue weighted by Gasteiger charge is 2.30. The van der Waals surface area contributed by atoms with Gasteiger partial charge in [0.05, 0.1) is 5.01 Å². The lowest BCUT2D eigenvalue weighted by Crippen LogP contribution is -2.19. The summed E-state index contributed by atoms with van der Waals surface area (Å²) in [5.74, 6) is 1.27. The zero-order valence-corrected chi connectivity index (χ0v) is 21.3. The quantitative estimate of drug-likeness (QED) is 0.471. The Morgan fingerprint density at radius 3 is 2.36 bits per heavy atom. The largest absolute Gasteiger partial charge is 0.420 e. The fourth-order valence-electron chi connectivity index (χ4n) is 3.35. The summed E-state index contributed by atoms with van der Waals surface area (Å²) in [7, 11) is -4.38. The van der Waals surface area contributed by atoms with Gasteiger partial charge < -0.3 is 14.5 Å². The third kappa shape index (κ3) is 5.62. The minimum Gasteiger partial charge on any atom is -0.334 e. The fourth-order valence-corrected chi connectivity index (χ4v) is 5.85. The molecule has 0 aliphatic heterocycles. The molecule has 8 nitrogen and oxygen atoms in total. The number of rotatable bonds is 7. The first kappa shape index (κ1) is 24.9. The summed E-state index contributed by atoms with van der Waals surface area (Å²) in [6.07, 6.45) is 2.36. The van der Waals surface area contributed by atoms with E-state index in [-0.39, 0.29) is 27.2 Å². The van der Waals surface area contributed by atoms with Crippen LogP contribution < -0.4 is 5.73 Å². The number of hydrogen-bond donors (Lipinski definition) is 1. The van der Waals surface area contributed by atoms with Crippen LogP contribution in [0.3, 0.4) is 0 Å². The number of nitrogens with two attached hydrogens (primary N) is 1. The van der Waals surface area contributed by atoms with Crippen LogP contribution in [0, 0.1) is 5.92 Å². The first-order valence-electron chi connectivity index (χ1n) is 10.6. The van der Waals surface area contributed by atoms with E-state index in [1.165, 1.54) is 0 Å². The summed E-state index contributed by atoms with van der Waals surface area (Å²) in [4.78, 5) is 20.3. The Labute approximate surface area is 199 Å². The van der Waals surface area contributed by atoms with Gasteiger partial charge in [0.25, 0.3) is 0 Å². The van der Waals surface area contributed by atoms with Crippen molar-refractivity contribution in [3.05, 3.63) is 53.1 Å². The lowest BCUT2D eigenvalue weighted by Gasteiger charge is -2.19. The van der Waals surface area contributed by atoms with Gasteiger partial charge >= 0.3 is 16.2 Å². The molecule has 0 aliphatic carbocycles. The van der Waals surface area contributed by atoms with Gasteiger partial charge in [-0.15, -0.1) is 11.3 Å². The van der Waals surface area contributed by atoms with E-state index in [0.29, 0.717) is 17.1 Å². The Kier molecular flexibility index (Phi) is 6.99. The summed E-state index contributed by atoms with van der Waals surface area (Å²) < 4.78 is 31.8. The number of carbonyl (C=O) groups excluding carboxylic acids is 1. The number of thiazole rings is 1. The number of benzene rings is 1. The maximum Gasteiger partial charge on any atom is 0.420 e. The molecule has 1 amide bonds. The molecule has 1 aromatic carbocycles. The molecule has 3 aromatic rings. The maximum atomic E-state index is 12.7. The second-order valence-electron chi connectivity index (χ2n) is 9.40. The first-order chi connectivity index (χ1) is 15.3. The van der Waals surface area contributed by atoms with Gasteiger partial charge in [0.2, 0.25) is 0 Å². The van der Waals surface area contributed by atoms with Crippen molar-refractivity contribution in [2.24, 2.45) is 11.7 Å². The molecule has 1 unspecified atom stereocenters. The highest BCUT2D eigenvalue weighted by atomic mass is 32.3. The predicted molar refractivity (Wildman–Crippen MR) is 129 cm³/mol. The van der Waals surface area contributed by atoms with Crippen molar-refractivity contribution in [3.8, 4) is 11.3 Å². The van der Waals surface area contributed by atoms with Gasteiger partial charge in [0.15, 0.2) is 4.21 Å². The number of primary amides is 1. The molecule has 0 radical (unpaired) electrons. The molecule has 3 rings (SSSR count). The molecular weight excluding hydrogens is 460 g/mol. The number of imidazole rings is 1. The van der Waals surface area contributed by atoms with Crippen molar-refractivity contribution in [3.63, 3.8) is 0 Å². The van der Waals surface area contributed by atoms with Gasteiger partial charge in [0, 0.05) is 35.8 Å². The van der Waals surface area contributed by atoms with Gasteiger partial charge in [-0.05, 0) is 11.5 Å². The second kappa shape index (κ2) is 9.26. The van der Waals surface area contributed by atoms with E-state index in [0.717, 1.165) is 22.7 Å². The van der Waals surface area contributed by atoms with Crippen molar-refractivity contribution in [2.75, 3.05) is 0 Å². The summed E-state index contributed by atoms with van der Waals surface area (Å²) in [5, 5.41) is 0.656. The Balaban J connectivity index is 1.99. The average Bonchev–Trinajstić information content (AvgIpc) is 3.34. The number of carbonyl (C=O) groups is 1. The molecule has 1 atom stereocenters. The molecule has 2 N–H and O–H groups in total. The van der Waals surface area contributed by atoms with Crippen LogP contribution in [0.15, 0.2) is 40.9 Å². The molecule has 0 saturated carbocycles. The van der Waals surface area contributed by atoms with Crippen LogP contribution in [0.2, 0.25) is 0 Å². The molecule has 0 saturated heterocycles. The molecule has 10 heteroatoms. The van der Waals surface area contributed by atoms with Crippen LogP contribution in [0.4, 0.5) is 4.79 Å². The van der Waals surface area contributed by atoms with Crippen molar-refractivity contribution in [1.82, 2.24) is 14.5 Å². The minimum absolute atomic E-state index is 0.0302. The van der Waals surface area contributed by atoms with E-state index in [4.69, 9.17) is 5.73 Å². The molecule has 0 spiro atoms. The lowest BCUT2D eigenvalue weighted by molar-refractivity contribution is 0.213. The van der Waals surface area contributed by atoms with E-state index in [2.05, 4.69) is 39.5 Å². The van der Waals surface area contributed by atoms with Crippen molar-refractivity contribution in [1.29, 1.82) is 0 Å². The van der Waals surface area contributed by atoms with Gasteiger partial charge in [-0.3, -0.25) is 0 Å². The number of nitrogens with zero attached hydrogens (tertiary/aromatic N) is 3. The normalized spacial score (nSPS) is 13.3. The van der Waals surface area contributed by atoms with E-state index in [9.17, 15) is 13.2 Å². The van der Waals surface area contributed by atoms with Crippen LogP contribution in [-0.2, 0) is 26.3 Å². The van der Waals surface area contributed by atoms with Gasteiger partial charge in [-0.2, -0.15) is 8.42 Å². The van der Waals surface area contributed by atoms with Gasteiger partial charge in [-0.25, -0.2) is 14.8 Å². The summed E-state index contributed by atoms with van der Waals surface area (Å²) >= 11 is 1.01. The third-order valence-electron chi connectivity index (χ3n) is 5.39. The van der Waals surface area contributed by atoms with Crippen LogP contribution in [0.25, 0.3) is 11.3 Å². The Morgan fingerprint density at radius 1 is 1.18 bits per heavy atom. The van der Waals surface area contributed by atoms with Crippen LogP contribution >= 0.6 is 11.3 Å². The highest BCUT2D eigenvalue weighted by molar-refractivity contribution is 7.89. The standard InChI is InChI=1S/C23H30N4O4S2/c1-14(2)15(3)19-26-18(20(32-19)33(29,30)31-22(24)28)17-9-7-16(8-10-17)13-27-12-11-25-21(27)23(4,5)6/h7-12,14-15H,13H2,1-6H3,(H2,24,28). The van der Waals surface area contributed by atoms with Gasteiger partial charge in [0.1, 0.15) is 11.5 Å². The van der Waals surface area contributed by atoms with Crippen molar-refractivity contribution < 1.29 is 17.4 Å². The molecule has 0 bridgehead atoms. The third-order valence-corrected chi connectivity index (χ3v) is 8.33. The van der Waals surface area contributed by atoms with Crippen LogP contribution in [0.1, 0.15) is 63.9 Å². The number of amides is 1. The van der Waals surface area contributed by atoms with Crippen molar-refractivity contribution >= 4 is 27.5 Å². The second-order valence-corrected chi connectivity index (χ2v) is 12.2. The number of aromatic nitrogens is 3. The first-order valence-corrected chi connectivity index (χ1v) is 12.9. The van der Waals surface area contributed by atoms with Crippen LogP contribution in [-0.4, -0.2) is 29.0 Å². The van der Waals surface area contributed by atoms with Crippen molar-refractivity contribution in [2.45, 2.75) is 63.6 Å². The molecule has 2 heterocycles. The average molecular weight is 491 g/mol. The summed E-state index contributed by atoms with van der Waals surface area (Å²) in [6, 6.07) is 7.51. The van der Waals surface area contributed by atoms with E-state index >= 15 is 0 Å². The maximum absolute atomic E-state index is 12.7. The summed E-state index contributed by atoms with van der Waals surface area (Å²) in [6.45, 7) is 13.0. The van der Waals surface area contributed by atoms with E-state index in [1.807, 2.05) is 51.2 Å². The van der Waals surface area contributed by atoms with Crippen LogP contribution in [0.5, 0.6) is 0 Å². The molecule has 33 heavy (non-hydrogen) atoms. The lowest BCUT2D eigenvalue weighted by atomic mass is 9.95. The SMILES string of the molecule is CC(C)C(C)c1nc(-c2ccc(Cn3ccnc3C(C)(C)C)cc2)c(S(=O)(=O)OC(N)=O)s1. The van der Waals surface area contributed by atoms with E-state index < -0.39 is 16.2 Å². The number of hydrogen-bond acceptors (Lipinski definition) is 7. The molecule has 2 aromatic heterocycles. The van der Waals surface area contributed by atoms with E-state index in [1.54, 1.807) is 6.20 Å². The highest BCUT2D eigenvalue weighted by Crippen LogP contribution is 2.38. The zero-order valence-electron chi connectivity index (χ0n) is 19.7. The Bertz CT molecular complexity index is 1240. The Morgan fingerprint density at radius 2 is 1.82 bits per heavy atom. The smallest absolute Gasteiger partial charge is 0.334 e. The topological polar surface area (TPSA) is 117 Å². The van der Waals surface area contributed by atoms with Gasteiger partial charge in [-0.1, -0.05) is 65.8 Å². The molecule has 0 aliphatic rings. The molecular formula is C23H30N4O4S2. The monoisotopic (exact) mass is 490 g/mol. The fraction of sp³-hybridized carbons (Fsp3) is 0.435. The minimum atomic E-state index is -4.38.